The van der Waals surface area contributed by atoms with Crippen LogP contribution in [-0.2, 0) is 6.54 Å². The van der Waals surface area contributed by atoms with Crippen LogP contribution < -0.4 is 5.32 Å². The molecule has 0 spiro atoms. The summed E-state index contributed by atoms with van der Waals surface area (Å²) in [6, 6.07) is 1.34. The molecule has 2 saturated carbocycles. The Kier molecular flexibility index (Phi) is 2.91. The highest BCUT2D eigenvalue weighted by atomic mass is 15.3. The third kappa shape index (κ3) is 2.43. The minimum atomic E-state index is 0.607. The summed E-state index contributed by atoms with van der Waals surface area (Å²) in [5.74, 6) is 0.956. The molecular formula is C12H20N4. The van der Waals surface area contributed by atoms with E-state index in [0.29, 0.717) is 6.04 Å². The lowest BCUT2D eigenvalue weighted by molar-refractivity contribution is 0.327. The van der Waals surface area contributed by atoms with E-state index in [1.54, 1.807) is 0 Å². The first kappa shape index (κ1) is 10.3. The molecule has 0 bridgehead atoms. The number of aromatic nitrogens is 3. The molecule has 0 amide bonds. The van der Waals surface area contributed by atoms with E-state index in [4.69, 9.17) is 0 Å². The van der Waals surface area contributed by atoms with E-state index >= 15 is 0 Å². The molecule has 4 nitrogen and oxygen atoms in total. The molecule has 2 aliphatic rings. The van der Waals surface area contributed by atoms with Crippen LogP contribution in [0, 0.1) is 0 Å². The van der Waals surface area contributed by atoms with Gasteiger partial charge in [0.05, 0.1) is 12.6 Å². The van der Waals surface area contributed by atoms with Crippen LogP contribution in [0.2, 0.25) is 0 Å². The van der Waals surface area contributed by atoms with Crippen LogP contribution in [0.5, 0.6) is 0 Å². The lowest BCUT2D eigenvalue weighted by Crippen LogP contribution is -2.17. The van der Waals surface area contributed by atoms with E-state index in [-0.39, 0.29) is 0 Å². The van der Waals surface area contributed by atoms with Crippen molar-refractivity contribution in [3.63, 3.8) is 0 Å². The lowest BCUT2D eigenvalue weighted by atomic mass is 9.96. The van der Waals surface area contributed by atoms with Gasteiger partial charge in [-0.3, -0.25) is 0 Å². The van der Waals surface area contributed by atoms with E-state index in [2.05, 4.69) is 20.1 Å². The van der Waals surface area contributed by atoms with Crippen molar-refractivity contribution in [3.8, 4) is 0 Å². The number of rotatable bonds is 4. The van der Waals surface area contributed by atoms with Crippen LogP contribution in [0.1, 0.15) is 56.8 Å². The molecule has 0 aliphatic heterocycles. The van der Waals surface area contributed by atoms with Gasteiger partial charge in [-0.2, -0.15) is 5.10 Å². The van der Waals surface area contributed by atoms with Crippen molar-refractivity contribution in [2.75, 3.05) is 0 Å². The smallest absolute Gasteiger partial charge is 0.164 e. The zero-order valence-electron chi connectivity index (χ0n) is 9.73. The molecule has 0 unspecified atom stereocenters. The quantitative estimate of drug-likeness (QED) is 0.844. The molecular weight excluding hydrogens is 200 g/mol. The van der Waals surface area contributed by atoms with E-state index in [0.717, 1.165) is 18.4 Å². The Hall–Kier alpha value is -0.900. The fraction of sp³-hybridized carbons (Fsp3) is 0.833. The van der Waals surface area contributed by atoms with Gasteiger partial charge in [-0.1, -0.05) is 19.3 Å². The Morgan fingerprint density at radius 1 is 1.19 bits per heavy atom. The van der Waals surface area contributed by atoms with Gasteiger partial charge < -0.3 is 5.32 Å². The van der Waals surface area contributed by atoms with Crippen molar-refractivity contribution in [1.82, 2.24) is 20.1 Å². The third-order valence-corrected chi connectivity index (χ3v) is 3.63. The summed E-state index contributed by atoms with van der Waals surface area (Å²) in [7, 11) is 0. The largest absolute Gasteiger partial charge is 0.307 e. The first-order chi connectivity index (χ1) is 7.92. The predicted octanol–water partition coefficient (Wildman–Crippen LogP) is 2.04. The van der Waals surface area contributed by atoms with Crippen molar-refractivity contribution in [3.05, 3.63) is 12.2 Å². The molecule has 0 atom stereocenters. The van der Waals surface area contributed by atoms with E-state index in [1.807, 2.05) is 6.33 Å². The molecule has 1 aromatic rings. The van der Waals surface area contributed by atoms with Crippen LogP contribution in [0.4, 0.5) is 0 Å². The normalized spacial score (nSPS) is 22.5. The van der Waals surface area contributed by atoms with Crippen molar-refractivity contribution < 1.29 is 0 Å². The maximum Gasteiger partial charge on any atom is 0.164 e. The zero-order chi connectivity index (χ0) is 10.8. The van der Waals surface area contributed by atoms with Gasteiger partial charge in [0.2, 0.25) is 0 Å². The summed E-state index contributed by atoms with van der Waals surface area (Å²) in [5, 5.41) is 8.03. The predicted molar refractivity (Wildman–Crippen MR) is 62.0 cm³/mol. The molecule has 0 aromatic carbocycles. The van der Waals surface area contributed by atoms with Crippen LogP contribution in [0.15, 0.2) is 6.33 Å². The number of nitrogens with one attached hydrogen (secondary N) is 1. The van der Waals surface area contributed by atoms with Gasteiger partial charge >= 0.3 is 0 Å². The average molecular weight is 220 g/mol. The highest BCUT2D eigenvalue weighted by molar-refractivity contribution is 4.88. The standard InChI is InChI=1S/C12H20N4/c1-2-4-11(5-3-1)16-9-14-12(15-16)8-13-10-6-7-10/h9-11,13H,1-8H2. The van der Waals surface area contributed by atoms with Crippen LogP contribution in [-0.4, -0.2) is 20.8 Å². The fourth-order valence-electron chi connectivity index (χ4n) is 2.44. The van der Waals surface area contributed by atoms with Gasteiger partial charge in [0.15, 0.2) is 5.82 Å². The number of hydrogen-bond acceptors (Lipinski definition) is 3. The van der Waals surface area contributed by atoms with Crippen LogP contribution in [0.25, 0.3) is 0 Å². The fourth-order valence-corrected chi connectivity index (χ4v) is 2.44. The number of hydrogen-bond donors (Lipinski definition) is 1. The average Bonchev–Trinajstić information content (AvgIpc) is 3.05. The Balaban J connectivity index is 1.57. The maximum atomic E-state index is 4.58. The van der Waals surface area contributed by atoms with Crippen molar-refractivity contribution >= 4 is 0 Å². The summed E-state index contributed by atoms with van der Waals surface area (Å²) in [4.78, 5) is 4.38. The minimum absolute atomic E-state index is 0.607. The molecule has 88 valence electrons. The summed E-state index contributed by atoms with van der Waals surface area (Å²) in [6.45, 7) is 0.838. The Morgan fingerprint density at radius 2 is 2.00 bits per heavy atom. The molecule has 1 N–H and O–H groups in total. The van der Waals surface area contributed by atoms with Crippen LogP contribution in [0.3, 0.4) is 0 Å². The lowest BCUT2D eigenvalue weighted by Gasteiger charge is -2.21. The Bertz CT molecular complexity index is 337. The molecule has 0 saturated heterocycles. The molecule has 2 aliphatic carbocycles. The second kappa shape index (κ2) is 4.53. The zero-order valence-corrected chi connectivity index (χ0v) is 9.73. The first-order valence-electron chi connectivity index (χ1n) is 6.55. The van der Waals surface area contributed by atoms with Crippen molar-refractivity contribution in [2.45, 2.75) is 63.6 Å². The van der Waals surface area contributed by atoms with E-state index in [1.165, 1.54) is 44.9 Å². The highest BCUT2D eigenvalue weighted by Gasteiger charge is 2.21. The van der Waals surface area contributed by atoms with Gasteiger partial charge in [0, 0.05) is 6.04 Å². The van der Waals surface area contributed by atoms with E-state index < -0.39 is 0 Å². The Labute approximate surface area is 96.4 Å². The molecule has 4 heteroatoms. The summed E-state index contributed by atoms with van der Waals surface area (Å²) >= 11 is 0. The molecule has 3 rings (SSSR count). The second-order valence-corrected chi connectivity index (χ2v) is 5.09. The van der Waals surface area contributed by atoms with Gasteiger partial charge in [-0.05, 0) is 25.7 Å². The van der Waals surface area contributed by atoms with Crippen LogP contribution >= 0.6 is 0 Å². The second-order valence-electron chi connectivity index (χ2n) is 5.09. The van der Waals surface area contributed by atoms with Gasteiger partial charge in [-0.15, -0.1) is 0 Å². The first-order valence-corrected chi connectivity index (χ1v) is 6.55. The molecule has 2 fully saturated rings. The maximum absolute atomic E-state index is 4.58. The SMILES string of the molecule is c1nc(CNC2CC2)nn1C1CCCCC1. The molecule has 1 heterocycles. The van der Waals surface area contributed by atoms with E-state index in [9.17, 15) is 0 Å². The molecule has 16 heavy (non-hydrogen) atoms. The third-order valence-electron chi connectivity index (χ3n) is 3.63. The monoisotopic (exact) mass is 220 g/mol. The molecule has 0 radical (unpaired) electrons. The highest BCUT2D eigenvalue weighted by Crippen LogP contribution is 2.27. The minimum Gasteiger partial charge on any atom is -0.307 e. The summed E-state index contributed by atoms with van der Waals surface area (Å²) < 4.78 is 2.09. The van der Waals surface area contributed by atoms with Gasteiger partial charge in [-0.25, -0.2) is 9.67 Å². The number of nitrogens with zero attached hydrogens (tertiary/aromatic N) is 3. The topological polar surface area (TPSA) is 42.7 Å². The van der Waals surface area contributed by atoms with Crippen molar-refractivity contribution in [1.29, 1.82) is 0 Å². The van der Waals surface area contributed by atoms with Crippen molar-refractivity contribution in [2.24, 2.45) is 0 Å². The Morgan fingerprint density at radius 3 is 2.75 bits per heavy atom. The van der Waals surface area contributed by atoms with Gasteiger partial charge in [0.25, 0.3) is 0 Å². The van der Waals surface area contributed by atoms with Gasteiger partial charge in [0.1, 0.15) is 6.33 Å². The molecule has 1 aromatic heterocycles. The summed E-state index contributed by atoms with van der Waals surface area (Å²) in [5.41, 5.74) is 0. The summed E-state index contributed by atoms with van der Waals surface area (Å²) in [6.07, 6.45) is 11.2.